The number of ether oxygens (including phenoxy) is 2. The molecule has 2 aliphatic heterocycles. The van der Waals surface area contributed by atoms with E-state index in [1.165, 1.54) is 0 Å². The minimum absolute atomic E-state index is 0.0838. The van der Waals surface area contributed by atoms with Gasteiger partial charge in [-0.25, -0.2) is 0 Å². The highest BCUT2D eigenvalue weighted by Crippen LogP contribution is 2.47. The number of carbonyl (C=O) groups excluding carboxylic acids is 1. The number of rotatable bonds is 1. The summed E-state index contributed by atoms with van der Waals surface area (Å²) in [6.45, 7) is 0.127. The highest BCUT2D eigenvalue weighted by Gasteiger charge is 2.39. The van der Waals surface area contributed by atoms with Crippen LogP contribution >= 0.6 is 0 Å². The Kier molecular flexibility index (Phi) is 2.48. The highest BCUT2D eigenvalue weighted by molar-refractivity contribution is 6.06. The molecule has 1 aromatic rings. The van der Waals surface area contributed by atoms with Crippen LogP contribution in [0.1, 0.15) is 30.7 Å². The molecule has 0 saturated heterocycles. The molecule has 0 saturated carbocycles. The number of carboxylic acids is 1. The molecule has 0 unspecified atom stereocenters. The van der Waals surface area contributed by atoms with Crippen molar-refractivity contribution in [3.05, 3.63) is 29.0 Å². The monoisotopic (exact) mass is 287 g/mol. The predicted octanol–water partition coefficient (Wildman–Crippen LogP) is 2.02. The van der Waals surface area contributed by atoms with Gasteiger partial charge in [0.15, 0.2) is 17.3 Å². The number of allylic oxidation sites excluding steroid dienone is 1. The molecule has 3 aliphatic rings. The Balaban J connectivity index is 1.91. The van der Waals surface area contributed by atoms with E-state index in [2.05, 4.69) is 5.32 Å². The van der Waals surface area contributed by atoms with Gasteiger partial charge in [0.05, 0.1) is 0 Å². The summed E-state index contributed by atoms with van der Waals surface area (Å²) in [7, 11) is 0. The standard InChI is InChI=1S/C15H13NO5/c17-10-3-1-2-8-14(10)13(15(18)19)7-4-11-12(21-6-20-11)5-9(7)16-8/h4-5,13,16H,1-3,6H2,(H,18,19)/t13-/m0/s1. The van der Waals surface area contributed by atoms with Crippen LogP contribution in [0.15, 0.2) is 23.4 Å². The van der Waals surface area contributed by atoms with E-state index in [1.807, 2.05) is 0 Å². The van der Waals surface area contributed by atoms with Gasteiger partial charge in [-0.2, -0.15) is 0 Å². The van der Waals surface area contributed by atoms with E-state index in [0.717, 1.165) is 12.1 Å². The van der Waals surface area contributed by atoms with Crippen LogP contribution in [0, 0.1) is 0 Å². The van der Waals surface area contributed by atoms with Gasteiger partial charge in [0.1, 0.15) is 5.92 Å². The van der Waals surface area contributed by atoms with Gasteiger partial charge >= 0.3 is 5.97 Å². The maximum atomic E-state index is 12.2. The normalized spacial score (nSPS) is 22.5. The number of aliphatic carboxylic acids is 1. The number of hydrogen-bond acceptors (Lipinski definition) is 5. The predicted molar refractivity (Wildman–Crippen MR) is 72.4 cm³/mol. The lowest BCUT2D eigenvalue weighted by molar-refractivity contribution is -0.138. The lowest BCUT2D eigenvalue weighted by atomic mass is 9.79. The van der Waals surface area contributed by atoms with Crippen molar-refractivity contribution in [2.45, 2.75) is 25.2 Å². The van der Waals surface area contributed by atoms with Gasteiger partial charge in [-0.1, -0.05) is 0 Å². The first kappa shape index (κ1) is 12.3. The number of carboxylic acid groups (broad SMARTS) is 1. The van der Waals surface area contributed by atoms with Crippen molar-refractivity contribution in [3.8, 4) is 11.5 Å². The molecule has 21 heavy (non-hydrogen) atoms. The van der Waals surface area contributed by atoms with Crippen molar-refractivity contribution < 1.29 is 24.2 Å². The lowest BCUT2D eigenvalue weighted by Crippen LogP contribution is -2.30. The van der Waals surface area contributed by atoms with Crippen molar-refractivity contribution in [1.29, 1.82) is 0 Å². The number of hydrogen-bond donors (Lipinski definition) is 2. The third-order valence-corrected chi connectivity index (χ3v) is 4.13. The van der Waals surface area contributed by atoms with E-state index in [9.17, 15) is 14.7 Å². The Bertz CT molecular complexity index is 706. The van der Waals surface area contributed by atoms with Crippen molar-refractivity contribution in [2.75, 3.05) is 12.1 Å². The smallest absolute Gasteiger partial charge is 0.315 e. The van der Waals surface area contributed by atoms with Crippen LogP contribution in [-0.2, 0) is 9.59 Å². The SMILES string of the molecule is O=C1CCCC2=C1[C@@H](C(=O)O)c1cc3c(cc1N2)OCO3. The lowest BCUT2D eigenvalue weighted by Gasteiger charge is -2.31. The van der Waals surface area contributed by atoms with Gasteiger partial charge in [-0.05, 0) is 24.5 Å². The molecule has 6 nitrogen and oxygen atoms in total. The van der Waals surface area contributed by atoms with E-state index in [1.54, 1.807) is 12.1 Å². The fourth-order valence-corrected chi connectivity index (χ4v) is 3.21. The van der Waals surface area contributed by atoms with Gasteiger partial charge in [-0.3, -0.25) is 9.59 Å². The first-order valence-corrected chi connectivity index (χ1v) is 6.85. The Morgan fingerprint density at radius 2 is 2.00 bits per heavy atom. The molecular weight excluding hydrogens is 274 g/mol. The van der Waals surface area contributed by atoms with Gasteiger partial charge < -0.3 is 19.9 Å². The molecule has 0 bridgehead atoms. The van der Waals surface area contributed by atoms with Crippen molar-refractivity contribution in [2.24, 2.45) is 0 Å². The Labute approximate surface area is 120 Å². The van der Waals surface area contributed by atoms with Crippen LogP contribution in [0.2, 0.25) is 0 Å². The maximum absolute atomic E-state index is 12.2. The molecule has 0 amide bonds. The van der Waals surface area contributed by atoms with Gasteiger partial charge in [0, 0.05) is 29.4 Å². The Morgan fingerprint density at radius 3 is 2.76 bits per heavy atom. The number of Topliss-reactive ketones (excluding diaryl/α,β-unsaturated/α-hetero) is 1. The topological polar surface area (TPSA) is 84.9 Å². The molecule has 1 aromatic carbocycles. The molecular formula is C15H13NO5. The summed E-state index contributed by atoms with van der Waals surface area (Å²) in [6.07, 6.45) is 1.85. The molecule has 0 spiro atoms. The molecule has 4 rings (SSSR count). The molecule has 2 N–H and O–H groups in total. The van der Waals surface area contributed by atoms with Crippen LogP contribution in [0.25, 0.3) is 0 Å². The summed E-state index contributed by atoms with van der Waals surface area (Å²) in [5.41, 5.74) is 2.35. The van der Waals surface area contributed by atoms with Crippen LogP contribution in [0.3, 0.4) is 0 Å². The number of benzene rings is 1. The summed E-state index contributed by atoms with van der Waals surface area (Å²) in [5.74, 6) is -0.914. The van der Waals surface area contributed by atoms with Gasteiger partial charge in [0.2, 0.25) is 6.79 Å². The van der Waals surface area contributed by atoms with E-state index < -0.39 is 11.9 Å². The molecule has 0 radical (unpaired) electrons. The van der Waals surface area contributed by atoms with E-state index in [-0.39, 0.29) is 12.6 Å². The third-order valence-electron chi connectivity index (χ3n) is 4.13. The second-order valence-electron chi connectivity index (χ2n) is 5.36. The number of fused-ring (bicyclic) bond motifs is 2. The number of anilines is 1. The van der Waals surface area contributed by atoms with Crippen LogP contribution < -0.4 is 14.8 Å². The zero-order valence-corrected chi connectivity index (χ0v) is 11.1. The fourth-order valence-electron chi connectivity index (χ4n) is 3.21. The summed E-state index contributed by atoms with van der Waals surface area (Å²) in [4.78, 5) is 23.9. The van der Waals surface area contributed by atoms with Crippen LogP contribution in [0.5, 0.6) is 11.5 Å². The summed E-state index contributed by atoms with van der Waals surface area (Å²) in [5, 5.41) is 12.8. The van der Waals surface area contributed by atoms with Crippen molar-refractivity contribution in [3.63, 3.8) is 0 Å². The Hall–Kier alpha value is -2.50. The fraction of sp³-hybridized carbons (Fsp3) is 0.333. The Morgan fingerprint density at radius 1 is 1.24 bits per heavy atom. The largest absolute Gasteiger partial charge is 0.481 e. The van der Waals surface area contributed by atoms with Crippen LogP contribution in [0.4, 0.5) is 5.69 Å². The molecule has 2 heterocycles. The average molecular weight is 287 g/mol. The van der Waals surface area contributed by atoms with E-state index in [0.29, 0.717) is 41.2 Å². The summed E-state index contributed by atoms with van der Waals surface area (Å²) >= 11 is 0. The van der Waals surface area contributed by atoms with Crippen molar-refractivity contribution in [1.82, 2.24) is 0 Å². The molecule has 108 valence electrons. The first-order chi connectivity index (χ1) is 10.1. The molecule has 1 aliphatic carbocycles. The third kappa shape index (κ3) is 1.72. The first-order valence-electron chi connectivity index (χ1n) is 6.85. The molecule has 1 atom stereocenters. The molecule has 6 heteroatoms. The van der Waals surface area contributed by atoms with E-state index in [4.69, 9.17) is 9.47 Å². The zero-order chi connectivity index (χ0) is 14.6. The van der Waals surface area contributed by atoms with Gasteiger partial charge in [-0.15, -0.1) is 0 Å². The zero-order valence-electron chi connectivity index (χ0n) is 11.1. The highest BCUT2D eigenvalue weighted by atomic mass is 16.7. The molecule has 0 aromatic heterocycles. The van der Waals surface area contributed by atoms with Gasteiger partial charge in [0.25, 0.3) is 0 Å². The average Bonchev–Trinajstić information content (AvgIpc) is 2.89. The minimum atomic E-state index is -1.01. The number of carbonyl (C=O) groups is 2. The quantitative estimate of drug-likeness (QED) is 0.822. The second kappa shape index (κ2) is 4.25. The van der Waals surface area contributed by atoms with Crippen LogP contribution in [-0.4, -0.2) is 23.7 Å². The minimum Gasteiger partial charge on any atom is -0.481 e. The van der Waals surface area contributed by atoms with Crippen molar-refractivity contribution >= 4 is 17.4 Å². The maximum Gasteiger partial charge on any atom is 0.315 e. The number of ketones is 1. The van der Waals surface area contributed by atoms with E-state index >= 15 is 0 Å². The summed E-state index contributed by atoms with van der Waals surface area (Å²) < 4.78 is 10.6. The second-order valence-corrected chi connectivity index (χ2v) is 5.36. The summed E-state index contributed by atoms with van der Waals surface area (Å²) in [6, 6.07) is 3.41. The molecule has 0 fully saturated rings. The number of nitrogens with one attached hydrogen (secondary N) is 1.